The van der Waals surface area contributed by atoms with Gasteiger partial charge < -0.3 is 11.5 Å². The van der Waals surface area contributed by atoms with Gasteiger partial charge in [-0.1, -0.05) is 60.7 Å². The molecule has 106 valence electrons. The van der Waals surface area contributed by atoms with Gasteiger partial charge in [-0.05, 0) is 22.3 Å². The zero-order chi connectivity index (χ0) is 15.0. The first-order valence-corrected chi connectivity index (χ1v) is 7.13. The summed E-state index contributed by atoms with van der Waals surface area (Å²) in [5.41, 5.74) is 17.2. The lowest BCUT2D eigenvalue weighted by Crippen LogP contribution is -2.55. The number of hydrogen-bond acceptors (Lipinski definition) is 2. The summed E-state index contributed by atoms with van der Waals surface area (Å²) in [5.74, 6) is 0. The predicted octanol–water partition coefficient (Wildman–Crippen LogP) is 2.98. The molecule has 0 bridgehead atoms. The molecule has 2 heteroatoms. The number of fused-ring (bicyclic) bond motifs is 3. The van der Waals surface area contributed by atoms with Crippen molar-refractivity contribution in [2.24, 2.45) is 11.5 Å². The molecule has 0 spiro atoms. The van der Waals surface area contributed by atoms with Crippen molar-refractivity contribution < 1.29 is 0 Å². The summed E-state index contributed by atoms with van der Waals surface area (Å²) in [6, 6.07) is 16.1. The predicted molar refractivity (Wildman–Crippen MR) is 89.0 cm³/mol. The Balaban J connectivity index is 2.43. The Bertz CT molecular complexity index is 641. The molecule has 4 N–H and O–H groups in total. The van der Waals surface area contributed by atoms with Crippen LogP contribution in [0, 0.1) is 0 Å². The van der Waals surface area contributed by atoms with E-state index in [1.165, 1.54) is 11.1 Å². The fraction of sp³-hybridized carbons (Fsp3) is 0.158. The average molecular weight is 276 g/mol. The minimum Gasteiger partial charge on any atom is -0.323 e. The van der Waals surface area contributed by atoms with Crippen molar-refractivity contribution >= 4 is 0 Å². The molecular formula is C19H20N2. The molecule has 2 atom stereocenters. The van der Waals surface area contributed by atoms with Crippen molar-refractivity contribution in [3.63, 3.8) is 0 Å². The number of rotatable bonds is 4. The Morgan fingerprint density at radius 3 is 1.52 bits per heavy atom. The normalized spacial score (nSPS) is 17.4. The summed E-state index contributed by atoms with van der Waals surface area (Å²) in [6.45, 7) is 7.80. The van der Waals surface area contributed by atoms with Crippen molar-refractivity contribution in [3.8, 4) is 11.1 Å². The van der Waals surface area contributed by atoms with Gasteiger partial charge in [-0.2, -0.15) is 0 Å². The smallest absolute Gasteiger partial charge is 0.0587 e. The van der Waals surface area contributed by atoms with Gasteiger partial charge in [0.2, 0.25) is 0 Å². The minimum atomic E-state index is -0.503. The van der Waals surface area contributed by atoms with Crippen molar-refractivity contribution in [2.45, 2.75) is 17.5 Å². The highest BCUT2D eigenvalue weighted by Crippen LogP contribution is 2.51. The summed E-state index contributed by atoms with van der Waals surface area (Å²) in [4.78, 5) is 0. The van der Waals surface area contributed by atoms with Gasteiger partial charge in [-0.25, -0.2) is 0 Å². The van der Waals surface area contributed by atoms with Gasteiger partial charge in [0.15, 0.2) is 0 Å². The van der Waals surface area contributed by atoms with Crippen molar-refractivity contribution in [3.05, 3.63) is 85.0 Å². The standard InChI is InChI=1S/C19H20N2/c1-3-17(20)19(18(21)4-2)15-11-7-5-9-13(15)14-10-6-8-12-16(14)19/h3-12,17-18H,1-2,20-21H2. The van der Waals surface area contributed by atoms with Gasteiger partial charge in [0, 0.05) is 12.1 Å². The topological polar surface area (TPSA) is 52.0 Å². The molecule has 0 fully saturated rings. The van der Waals surface area contributed by atoms with Crippen LogP contribution in [0.25, 0.3) is 11.1 Å². The molecule has 0 heterocycles. The highest BCUT2D eigenvalue weighted by atomic mass is 14.8. The molecule has 2 unspecified atom stereocenters. The highest BCUT2D eigenvalue weighted by Gasteiger charge is 2.49. The molecule has 2 aromatic carbocycles. The third-order valence-corrected chi connectivity index (χ3v) is 4.60. The van der Waals surface area contributed by atoms with Gasteiger partial charge in [-0.15, -0.1) is 13.2 Å². The first kappa shape index (κ1) is 13.8. The first-order chi connectivity index (χ1) is 10.2. The van der Waals surface area contributed by atoms with Gasteiger partial charge in [-0.3, -0.25) is 0 Å². The van der Waals surface area contributed by atoms with Crippen LogP contribution in [0.5, 0.6) is 0 Å². The molecule has 0 saturated carbocycles. The van der Waals surface area contributed by atoms with Gasteiger partial charge in [0.1, 0.15) is 0 Å². The molecule has 2 nitrogen and oxygen atoms in total. The van der Waals surface area contributed by atoms with E-state index < -0.39 is 5.41 Å². The Hall–Kier alpha value is -2.16. The van der Waals surface area contributed by atoms with Gasteiger partial charge in [0.25, 0.3) is 0 Å². The van der Waals surface area contributed by atoms with Crippen LogP contribution in [0.15, 0.2) is 73.8 Å². The highest BCUT2D eigenvalue weighted by molar-refractivity contribution is 5.82. The van der Waals surface area contributed by atoms with Crippen LogP contribution < -0.4 is 11.5 Å². The van der Waals surface area contributed by atoms with Gasteiger partial charge >= 0.3 is 0 Å². The molecule has 21 heavy (non-hydrogen) atoms. The second-order valence-corrected chi connectivity index (χ2v) is 5.48. The molecule has 1 aliphatic rings. The van der Waals surface area contributed by atoms with Crippen LogP contribution in [-0.2, 0) is 5.41 Å². The van der Waals surface area contributed by atoms with Crippen LogP contribution in [0.3, 0.4) is 0 Å². The number of nitrogens with two attached hydrogens (primary N) is 2. The molecule has 0 amide bonds. The third-order valence-electron chi connectivity index (χ3n) is 4.60. The monoisotopic (exact) mass is 276 g/mol. The molecule has 2 aromatic rings. The number of benzene rings is 2. The fourth-order valence-electron chi connectivity index (χ4n) is 3.61. The van der Waals surface area contributed by atoms with Crippen molar-refractivity contribution in [1.82, 2.24) is 0 Å². The summed E-state index contributed by atoms with van der Waals surface area (Å²) in [6.07, 6.45) is 3.56. The van der Waals surface area contributed by atoms with Crippen molar-refractivity contribution in [2.75, 3.05) is 0 Å². The molecule has 0 radical (unpaired) electrons. The Kier molecular flexibility index (Phi) is 3.28. The SMILES string of the molecule is C=CC(N)C1(C(N)C=C)c2ccccc2-c2ccccc21. The minimum absolute atomic E-state index is 0.282. The lowest BCUT2D eigenvalue weighted by molar-refractivity contribution is 0.424. The van der Waals surface area contributed by atoms with Crippen LogP contribution >= 0.6 is 0 Å². The largest absolute Gasteiger partial charge is 0.323 e. The van der Waals surface area contributed by atoms with Crippen LogP contribution in [0.2, 0.25) is 0 Å². The van der Waals surface area contributed by atoms with E-state index in [4.69, 9.17) is 11.5 Å². The maximum Gasteiger partial charge on any atom is 0.0587 e. The van der Waals surface area contributed by atoms with Crippen LogP contribution in [0.1, 0.15) is 11.1 Å². The lowest BCUT2D eigenvalue weighted by Gasteiger charge is -2.40. The van der Waals surface area contributed by atoms with Crippen LogP contribution in [-0.4, -0.2) is 12.1 Å². The Morgan fingerprint density at radius 2 is 1.14 bits per heavy atom. The maximum absolute atomic E-state index is 6.47. The van der Waals surface area contributed by atoms with E-state index in [1.54, 1.807) is 12.2 Å². The molecular weight excluding hydrogens is 256 g/mol. The number of hydrogen-bond donors (Lipinski definition) is 2. The lowest BCUT2D eigenvalue weighted by atomic mass is 9.67. The molecule has 1 aliphatic carbocycles. The van der Waals surface area contributed by atoms with E-state index in [2.05, 4.69) is 37.4 Å². The van der Waals surface area contributed by atoms with Crippen LogP contribution in [0.4, 0.5) is 0 Å². The Labute approximate surface area is 125 Å². The quantitative estimate of drug-likeness (QED) is 0.843. The fourth-order valence-corrected chi connectivity index (χ4v) is 3.61. The average Bonchev–Trinajstić information content (AvgIpc) is 2.85. The first-order valence-electron chi connectivity index (χ1n) is 7.13. The second kappa shape index (κ2) is 4.99. The Morgan fingerprint density at radius 1 is 0.762 bits per heavy atom. The van der Waals surface area contributed by atoms with E-state index in [-0.39, 0.29) is 12.1 Å². The molecule has 0 saturated heterocycles. The zero-order valence-corrected chi connectivity index (χ0v) is 12.0. The van der Waals surface area contributed by atoms with E-state index in [0.29, 0.717) is 0 Å². The van der Waals surface area contributed by atoms with E-state index in [9.17, 15) is 0 Å². The summed E-state index contributed by atoms with van der Waals surface area (Å²) in [5, 5.41) is 0. The summed E-state index contributed by atoms with van der Waals surface area (Å²) < 4.78 is 0. The van der Waals surface area contributed by atoms with E-state index >= 15 is 0 Å². The molecule has 0 aliphatic heterocycles. The van der Waals surface area contributed by atoms with Crippen molar-refractivity contribution in [1.29, 1.82) is 0 Å². The maximum atomic E-state index is 6.47. The van der Waals surface area contributed by atoms with Gasteiger partial charge in [0.05, 0.1) is 5.41 Å². The molecule has 0 aromatic heterocycles. The van der Waals surface area contributed by atoms with E-state index in [1.807, 2.05) is 24.3 Å². The zero-order valence-electron chi connectivity index (χ0n) is 12.0. The third kappa shape index (κ3) is 1.67. The molecule has 3 rings (SSSR count). The summed E-state index contributed by atoms with van der Waals surface area (Å²) in [7, 11) is 0. The van der Waals surface area contributed by atoms with E-state index in [0.717, 1.165) is 11.1 Å². The second-order valence-electron chi connectivity index (χ2n) is 5.48. The summed E-state index contributed by atoms with van der Waals surface area (Å²) >= 11 is 0.